The summed E-state index contributed by atoms with van der Waals surface area (Å²) in [7, 11) is 1.92. The third-order valence-electron chi connectivity index (χ3n) is 2.89. The maximum Gasteiger partial charge on any atom is 0.136 e. The Kier molecular flexibility index (Phi) is 3.50. The number of nitrogens with two attached hydrogens (primary N) is 1. The number of hydrogen-bond acceptors (Lipinski definition) is 2. The topological polar surface area (TPSA) is 43.8 Å². The number of rotatable bonds is 3. The van der Waals surface area contributed by atoms with Crippen LogP contribution in [-0.2, 0) is 13.5 Å². The van der Waals surface area contributed by atoms with Gasteiger partial charge in [0.1, 0.15) is 16.7 Å². The third-order valence-corrected chi connectivity index (χ3v) is 3.32. The predicted molar refractivity (Wildman–Crippen MR) is 71.1 cm³/mol. The molecule has 2 rings (SSSR count). The first-order valence-corrected chi connectivity index (χ1v) is 6.00. The van der Waals surface area contributed by atoms with E-state index >= 15 is 0 Å². The summed E-state index contributed by atoms with van der Waals surface area (Å²) in [5.41, 5.74) is 8.66. The fourth-order valence-electron chi connectivity index (χ4n) is 1.88. The first kappa shape index (κ1) is 12.1. The number of hydrogen-bond donors (Lipinski definition) is 1. The largest absolute Gasteiger partial charge is 0.330 e. The van der Waals surface area contributed by atoms with Crippen molar-refractivity contribution in [1.29, 1.82) is 0 Å². The molecule has 0 saturated heterocycles. The van der Waals surface area contributed by atoms with E-state index in [4.69, 9.17) is 17.3 Å². The van der Waals surface area contributed by atoms with E-state index in [1.807, 2.05) is 29.8 Å². The van der Waals surface area contributed by atoms with E-state index in [1.165, 1.54) is 5.56 Å². The fraction of sp³-hybridized carbons (Fsp3) is 0.308. The monoisotopic (exact) mass is 249 g/mol. The Morgan fingerprint density at radius 3 is 2.71 bits per heavy atom. The summed E-state index contributed by atoms with van der Waals surface area (Å²) in [5.74, 6) is 0.927. The van der Waals surface area contributed by atoms with Crippen molar-refractivity contribution in [2.24, 2.45) is 12.8 Å². The fourth-order valence-corrected chi connectivity index (χ4v) is 2.13. The maximum absolute atomic E-state index is 6.32. The van der Waals surface area contributed by atoms with Crippen LogP contribution < -0.4 is 5.73 Å². The summed E-state index contributed by atoms with van der Waals surface area (Å²) in [6, 6.07) is 8.10. The second kappa shape index (κ2) is 4.90. The molecular weight excluding hydrogens is 234 g/mol. The summed E-state index contributed by atoms with van der Waals surface area (Å²) >= 11 is 6.32. The Balaban J connectivity index is 2.53. The molecule has 3 nitrogen and oxygen atoms in total. The molecule has 0 amide bonds. The van der Waals surface area contributed by atoms with Gasteiger partial charge in [-0.3, -0.25) is 0 Å². The van der Waals surface area contributed by atoms with Crippen LogP contribution in [0.5, 0.6) is 0 Å². The molecule has 0 bridgehead atoms. The van der Waals surface area contributed by atoms with Crippen molar-refractivity contribution in [2.75, 3.05) is 6.54 Å². The molecule has 0 saturated carbocycles. The maximum atomic E-state index is 6.32. The van der Waals surface area contributed by atoms with Crippen LogP contribution in [0.3, 0.4) is 0 Å². The number of aryl methyl sites for hydroxylation is 1. The Labute approximate surface area is 106 Å². The van der Waals surface area contributed by atoms with Crippen LogP contribution in [0.4, 0.5) is 0 Å². The molecule has 0 unspecified atom stereocenters. The summed E-state index contributed by atoms with van der Waals surface area (Å²) in [4.78, 5) is 4.58. The van der Waals surface area contributed by atoms with E-state index in [1.54, 1.807) is 0 Å². The van der Waals surface area contributed by atoms with Crippen molar-refractivity contribution >= 4 is 11.6 Å². The van der Waals surface area contributed by atoms with Crippen molar-refractivity contribution in [3.05, 3.63) is 40.8 Å². The van der Waals surface area contributed by atoms with Gasteiger partial charge in [0.05, 0.1) is 0 Å². The Morgan fingerprint density at radius 2 is 2.06 bits per heavy atom. The van der Waals surface area contributed by atoms with Gasteiger partial charge < -0.3 is 10.3 Å². The highest BCUT2D eigenvalue weighted by atomic mass is 35.5. The van der Waals surface area contributed by atoms with E-state index in [0.29, 0.717) is 11.7 Å². The molecule has 2 N–H and O–H groups in total. The van der Waals surface area contributed by atoms with Crippen LogP contribution in [0, 0.1) is 6.92 Å². The van der Waals surface area contributed by atoms with E-state index < -0.39 is 0 Å². The summed E-state index contributed by atoms with van der Waals surface area (Å²) in [5, 5.41) is 0.669. The lowest BCUT2D eigenvalue weighted by atomic mass is 10.1. The van der Waals surface area contributed by atoms with Crippen LogP contribution in [0.15, 0.2) is 24.3 Å². The van der Waals surface area contributed by atoms with Crippen molar-refractivity contribution < 1.29 is 0 Å². The minimum Gasteiger partial charge on any atom is -0.330 e. The van der Waals surface area contributed by atoms with Gasteiger partial charge in [-0.1, -0.05) is 35.9 Å². The molecule has 0 aliphatic carbocycles. The normalized spacial score (nSPS) is 10.8. The molecule has 0 aliphatic rings. The molecule has 4 heteroatoms. The van der Waals surface area contributed by atoms with Crippen LogP contribution in [0.25, 0.3) is 11.3 Å². The first-order chi connectivity index (χ1) is 8.15. The van der Waals surface area contributed by atoms with Crippen molar-refractivity contribution in [3.63, 3.8) is 0 Å². The summed E-state index contributed by atoms with van der Waals surface area (Å²) in [6.45, 7) is 2.64. The minimum absolute atomic E-state index is 0.578. The number of halogens is 1. The second-order valence-electron chi connectivity index (χ2n) is 4.08. The van der Waals surface area contributed by atoms with Gasteiger partial charge in [0.2, 0.25) is 0 Å². The zero-order chi connectivity index (χ0) is 12.4. The van der Waals surface area contributed by atoms with Gasteiger partial charge in [-0.2, -0.15) is 0 Å². The van der Waals surface area contributed by atoms with Crippen LogP contribution in [-0.4, -0.2) is 16.1 Å². The molecule has 17 heavy (non-hydrogen) atoms. The highest BCUT2D eigenvalue weighted by Gasteiger charge is 2.15. The first-order valence-electron chi connectivity index (χ1n) is 5.62. The van der Waals surface area contributed by atoms with Gasteiger partial charge in [0, 0.05) is 19.0 Å². The predicted octanol–water partition coefficient (Wildman–Crippen LogP) is 2.55. The van der Waals surface area contributed by atoms with Crippen LogP contribution >= 0.6 is 11.6 Å². The SMILES string of the molecule is Cc1ccccc1-c1nc(CCN)n(C)c1Cl. The Bertz CT molecular complexity index is 531. The number of aromatic nitrogens is 2. The Morgan fingerprint density at radius 1 is 1.35 bits per heavy atom. The smallest absolute Gasteiger partial charge is 0.136 e. The molecular formula is C13H16ClN3. The lowest BCUT2D eigenvalue weighted by Crippen LogP contribution is -2.07. The summed E-state index contributed by atoms with van der Waals surface area (Å²) < 4.78 is 1.90. The molecule has 90 valence electrons. The van der Waals surface area contributed by atoms with Gasteiger partial charge in [0.25, 0.3) is 0 Å². The summed E-state index contributed by atoms with van der Waals surface area (Å²) in [6.07, 6.45) is 0.738. The lowest BCUT2D eigenvalue weighted by molar-refractivity contribution is 0.778. The number of imidazole rings is 1. The molecule has 1 aromatic heterocycles. The molecule has 1 heterocycles. The minimum atomic E-state index is 0.578. The Hall–Kier alpha value is -1.32. The van der Waals surface area contributed by atoms with Gasteiger partial charge >= 0.3 is 0 Å². The van der Waals surface area contributed by atoms with E-state index in [-0.39, 0.29) is 0 Å². The molecule has 0 fully saturated rings. The van der Waals surface area contributed by atoms with E-state index in [2.05, 4.69) is 18.0 Å². The van der Waals surface area contributed by atoms with Gasteiger partial charge in [-0.25, -0.2) is 4.98 Å². The van der Waals surface area contributed by atoms with Crippen molar-refractivity contribution in [1.82, 2.24) is 9.55 Å². The average molecular weight is 250 g/mol. The molecule has 0 spiro atoms. The van der Waals surface area contributed by atoms with Gasteiger partial charge in [-0.15, -0.1) is 0 Å². The molecule has 2 aromatic rings. The van der Waals surface area contributed by atoms with Gasteiger partial charge in [-0.05, 0) is 19.0 Å². The van der Waals surface area contributed by atoms with E-state index in [0.717, 1.165) is 23.5 Å². The second-order valence-corrected chi connectivity index (χ2v) is 4.44. The molecule has 0 aliphatic heterocycles. The van der Waals surface area contributed by atoms with Crippen molar-refractivity contribution in [3.8, 4) is 11.3 Å². The van der Waals surface area contributed by atoms with E-state index in [9.17, 15) is 0 Å². The van der Waals surface area contributed by atoms with Crippen LogP contribution in [0.2, 0.25) is 5.15 Å². The highest BCUT2D eigenvalue weighted by Crippen LogP contribution is 2.29. The highest BCUT2D eigenvalue weighted by molar-refractivity contribution is 6.32. The molecule has 0 radical (unpaired) electrons. The third kappa shape index (κ3) is 2.21. The average Bonchev–Trinajstić information content (AvgIpc) is 2.59. The van der Waals surface area contributed by atoms with Crippen LogP contribution in [0.1, 0.15) is 11.4 Å². The quantitative estimate of drug-likeness (QED) is 0.909. The zero-order valence-corrected chi connectivity index (χ0v) is 10.8. The zero-order valence-electron chi connectivity index (χ0n) is 10.1. The van der Waals surface area contributed by atoms with Gasteiger partial charge in [0.15, 0.2) is 0 Å². The molecule has 1 aromatic carbocycles. The lowest BCUT2D eigenvalue weighted by Gasteiger charge is -2.02. The molecule has 0 atom stereocenters. The van der Waals surface area contributed by atoms with Crippen molar-refractivity contribution in [2.45, 2.75) is 13.3 Å². The number of benzene rings is 1. The standard InChI is InChI=1S/C13H16ClN3/c1-9-5-3-4-6-10(9)12-13(14)17(2)11(16-12)7-8-15/h3-6H,7-8,15H2,1-2H3. The number of nitrogens with zero attached hydrogens (tertiary/aromatic N) is 2.